The third-order valence-electron chi connectivity index (χ3n) is 9.95. The lowest BCUT2D eigenvalue weighted by Crippen LogP contribution is -2.47. The normalized spacial score (nSPS) is 25.1. The average molecular weight is 528 g/mol. The Morgan fingerprint density at radius 1 is 1.03 bits per heavy atom. The summed E-state index contributed by atoms with van der Waals surface area (Å²) in [6.07, 6.45) is 11.2. The number of carbonyl (C=O) groups excluding carboxylic acids is 1. The lowest BCUT2D eigenvalue weighted by atomic mass is 9.52. The van der Waals surface area contributed by atoms with Crippen LogP contribution in [0.4, 0.5) is 4.39 Å². The number of nitrogens with zero attached hydrogens (tertiary/aromatic N) is 1. The van der Waals surface area contributed by atoms with Crippen molar-refractivity contribution in [2.45, 2.75) is 83.2 Å². The summed E-state index contributed by atoms with van der Waals surface area (Å²) in [5, 5.41) is 0. The largest absolute Gasteiger partial charge is 0.489 e. The number of carbonyl (C=O) groups is 1. The number of pyridine rings is 1. The molecule has 3 aliphatic rings. The van der Waals surface area contributed by atoms with Crippen LogP contribution in [-0.2, 0) is 23.2 Å². The number of halogens is 1. The van der Waals surface area contributed by atoms with E-state index in [9.17, 15) is 4.79 Å². The summed E-state index contributed by atoms with van der Waals surface area (Å²) in [7, 11) is 1.55. The number of hydrogen-bond donors (Lipinski definition) is 0. The van der Waals surface area contributed by atoms with E-state index in [4.69, 9.17) is 9.47 Å². The third-order valence-corrected chi connectivity index (χ3v) is 9.95. The molecule has 2 aromatic carbocycles. The molecule has 0 unspecified atom stereocenters. The van der Waals surface area contributed by atoms with Gasteiger partial charge in [0, 0.05) is 23.0 Å². The van der Waals surface area contributed by atoms with E-state index in [1.807, 2.05) is 12.1 Å². The second-order valence-corrected chi connectivity index (χ2v) is 12.5. The Hall–Kier alpha value is -3.21. The number of aldehydes is 1. The van der Waals surface area contributed by atoms with Crippen molar-refractivity contribution in [1.82, 2.24) is 4.98 Å². The number of fused-ring (bicyclic) bond motifs is 2. The van der Waals surface area contributed by atoms with E-state index in [0.717, 1.165) is 61.8 Å². The van der Waals surface area contributed by atoms with Crippen LogP contribution in [0.3, 0.4) is 0 Å². The summed E-state index contributed by atoms with van der Waals surface area (Å²) >= 11 is 0. The van der Waals surface area contributed by atoms with Gasteiger partial charge >= 0.3 is 0 Å². The van der Waals surface area contributed by atoms with E-state index in [-0.39, 0.29) is 22.6 Å². The summed E-state index contributed by atoms with van der Waals surface area (Å²) in [6.45, 7) is 5.07. The summed E-state index contributed by atoms with van der Waals surface area (Å²) in [6, 6.07) is 14.4. The first-order valence-corrected chi connectivity index (χ1v) is 14.4. The molecule has 0 radical (unpaired) electrons. The van der Waals surface area contributed by atoms with Crippen molar-refractivity contribution in [3.05, 3.63) is 76.7 Å². The van der Waals surface area contributed by atoms with Gasteiger partial charge in [0.25, 0.3) is 0 Å². The fourth-order valence-electron chi connectivity index (χ4n) is 7.60. The minimum atomic E-state index is -0.343. The molecule has 1 spiro atoms. The highest BCUT2D eigenvalue weighted by Gasteiger charge is 2.49. The second kappa shape index (κ2) is 10.1. The molecule has 0 bridgehead atoms. The maximum Gasteiger partial charge on any atom is 0.213 e. The van der Waals surface area contributed by atoms with Crippen LogP contribution in [0.25, 0.3) is 11.1 Å². The zero-order valence-corrected chi connectivity index (χ0v) is 23.3. The van der Waals surface area contributed by atoms with Gasteiger partial charge in [0.15, 0.2) is 0 Å². The Bertz CT molecular complexity index is 1400. The van der Waals surface area contributed by atoms with E-state index in [1.165, 1.54) is 35.6 Å². The summed E-state index contributed by atoms with van der Waals surface area (Å²) < 4.78 is 26.7. The minimum Gasteiger partial charge on any atom is -0.489 e. The van der Waals surface area contributed by atoms with Gasteiger partial charge in [-0.3, -0.25) is 0 Å². The molecule has 0 N–H and O–H groups in total. The molecule has 1 heterocycles. The van der Waals surface area contributed by atoms with Crippen molar-refractivity contribution < 1.29 is 18.7 Å². The number of hydrogen-bond acceptors (Lipinski definition) is 4. The Kier molecular flexibility index (Phi) is 6.73. The first-order chi connectivity index (χ1) is 18.8. The minimum absolute atomic E-state index is 0.00719. The predicted molar refractivity (Wildman–Crippen MR) is 151 cm³/mol. The lowest BCUT2D eigenvalue weighted by Gasteiger charge is -2.51. The van der Waals surface area contributed by atoms with Crippen molar-refractivity contribution in [2.24, 2.45) is 11.3 Å². The summed E-state index contributed by atoms with van der Waals surface area (Å²) in [5.74, 6) is 1.37. The molecule has 0 aliphatic heterocycles. The fraction of sp³-hybridized carbons (Fsp3) is 0.471. The highest BCUT2D eigenvalue weighted by Crippen LogP contribution is 2.55. The molecule has 0 saturated heterocycles. The van der Waals surface area contributed by atoms with E-state index in [2.05, 4.69) is 43.1 Å². The predicted octanol–water partition coefficient (Wildman–Crippen LogP) is 7.95. The maximum atomic E-state index is 15.0. The number of benzene rings is 2. The van der Waals surface area contributed by atoms with Gasteiger partial charge in [-0.25, -0.2) is 9.37 Å². The van der Waals surface area contributed by atoms with Crippen LogP contribution in [-0.4, -0.2) is 18.4 Å². The lowest BCUT2D eigenvalue weighted by molar-refractivity contribution is -0.117. The van der Waals surface area contributed by atoms with E-state index in [0.29, 0.717) is 24.0 Å². The molecule has 39 heavy (non-hydrogen) atoms. The summed E-state index contributed by atoms with van der Waals surface area (Å²) in [5.41, 5.74) is 6.48. The number of aromatic nitrogens is 1. The van der Waals surface area contributed by atoms with E-state index >= 15 is 4.39 Å². The maximum absolute atomic E-state index is 15.0. The number of ether oxygens (including phenoxy) is 2. The Labute approximate surface area is 231 Å². The van der Waals surface area contributed by atoms with Gasteiger partial charge in [0.05, 0.1) is 13.3 Å². The molecule has 6 rings (SSSR count). The average Bonchev–Trinajstić information content (AvgIpc) is 3.30. The quantitative estimate of drug-likeness (QED) is 0.293. The summed E-state index contributed by atoms with van der Waals surface area (Å²) in [4.78, 5) is 15.8. The van der Waals surface area contributed by atoms with Crippen molar-refractivity contribution in [3.63, 3.8) is 0 Å². The molecule has 1 aromatic heterocycles. The first-order valence-electron chi connectivity index (χ1n) is 14.4. The van der Waals surface area contributed by atoms with Crippen molar-refractivity contribution >= 4 is 6.29 Å². The van der Waals surface area contributed by atoms with Crippen LogP contribution in [0.15, 0.2) is 48.7 Å². The van der Waals surface area contributed by atoms with Crippen LogP contribution >= 0.6 is 0 Å². The molecule has 0 amide bonds. The zero-order valence-electron chi connectivity index (χ0n) is 23.3. The van der Waals surface area contributed by atoms with Crippen LogP contribution in [0.2, 0.25) is 0 Å². The fourth-order valence-corrected chi connectivity index (χ4v) is 7.60. The number of rotatable bonds is 7. The van der Waals surface area contributed by atoms with Crippen LogP contribution in [0.1, 0.15) is 87.0 Å². The van der Waals surface area contributed by atoms with Crippen LogP contribution in [0, 0.1) is 17.2 Å². The Morgan fingerprint density at radius 3 is 2.62 bits per heavy atom. The van der Waals surface area contributed by atoms with Gasteiger partial charge < -0.3 is 14.3 Å². The standard InChI is InChI=1S/C34H38FNO3/c1-33(2)13-5-7-29(33)27-16-22(8-11-26(27)28-18-32(38-3)36-19-31(28)35)21-39-25-10-9-23-6-4-14-34(30(23)17-25)15-12-24(34)20-37/h8-11,16-20,24,29H,4-7,12-15,21H2,1-3H3/t24-,29+,34+/m1/s1. The highest BCUT2D eigenvalue weighted by molar-refractivity contribution is 5.70. The smallest absolute Gasteiger partial charge is 0.213 e. The van der Waals surface area contributed by atoms with Gasteiger partial charge in [-0.1, -0.05) is 44.5 Å². The van der Waals surface area contributed by atoms with E-state index in [1.54, 1.807) is 13.2 Å². The Morgan fingerprint density at radius 2 is 1.90 bits per heavy atom. The van der Waals surface area contributed by atoms with Crippen molar-refractivity contribution in [3.8, 4) is 22.8 Å². The third kappa shape index (κ3) is 4.54. The molecule has 3 atom stereocenters. The highest BCUT2D eigenvalue weighted by atomic mass is 19.1. The molecule has 2 saturated carbocycles. The molecule has 4 nitrogen and oxygen atoms in total. The molecular weight excluding hydrogens is 489 g/mol. The van der Waals surface area contributed by atoms with E-state index < -0.39 is 0 Å². The first kappa shape index (κ1) is 26.0. The molecular formula is C34H38FNO3. The molecule has 204 valence electrons. The van der Waals surface area contributed by atoms with Gasteiger partial charge in [-0.05, 0) is 96.2 Å². The number of aryl methyl sites for hydroxylation is 1. The van der Waals surface area contributed by atoms with Crippen LogP contribution in [0.5, 0.6) is 11.6 Å². The molecule has 3 aliphatic carbocycles. The second-order valence-electron chi connectivity index (χ2n) is 12.5. The van der Waals surface area contributed by atoms with Gasteiger partial charge in [-0.15, -0.1) is 0 Å². The van der Waals surface area contributed by atoms with Crippen molar-refractivity contribution in [2.75, 3.05) is 7.11 Å². The SMILES string of the molecule is COc1cc(-c2ccc(COc3ccc4c(c3)[C@@]3(CCC4)CC[C@@H]3C=O)cc2[C@@H]2CCCC2(C)C)c(F)cn1. The monoisotopic (exact) mass is 527 g/mol. The molecule has 2 fully saturated rings. The zero-order chi connectivity index (χ0) is 27.2. The van der Waals surface area contributed by atoms with Crippen LogP contribution < -0.4 is 9.47 Å². The molecule has 5 heteroatoms. The number of methoxy groups -OCH3 is 1. The van der Waals surface area contributed by atoms with Crippen molar-refractivity contribution in [1.29, 1.82) is 0 Å². The molecule has 3 aromatic rings. The Balaban J connectivity index is 1.31. The van der Waals surface area contributed by atoms with Gasteiger partial charge in [-0.2, -0.15) is 0 Å². The topological polar surface area (TPSA) is 48.4 Å². The van der Waals surface area contributed by atoms with Gasteiger partial charge in [0.2, 0.25) is 5.88 Å². The van der Waals surface area contributed by atoms with Gasteiger partial charge in [0.1, 0.15) is 24.5 Å².